The number of ether oxygens (including phenoxy) is 1. The van der Waals surface area contributed by atoms with Gasteiger partial charge in [-0.1, -0.05) is 11.6 Å². The Labute approximate surface area is 217 Å². The molecule has 2 heterocycles. The Hall–Kier alpha value is -2.53. The molecule has 3 aliphatic rings. The van der Waals surface area contributed by atoms with Gasteiger partial charge < -0.3 is 20.3 Å². The molecule has 2 aromatic rings. The van der Waals surface area contributed by atoms with Gasteiger partial charge in [0.25, 0.3) is 11.8 Å². The molecule has 2 N–H and O–H groups in total. The summed E-state index contributed by atoms with van der Waals surface area (Å²) in [6.07, 6.45) is 4.32. The number of morpholine rings is 1. The first-order valence-electron chi connectivity index (χ1n) is 12.2. The summed E-state index contributed by atoms with van der Waals surface area (Å²) in [5.74, 6) is -0.922. The molecule has 11 heteroatoms. The first-order chi connectivity index (χ1) is 17.4. The highest BCUT2D eigenvalue weighted by Crippen LogP contribution is 2.36. The predicted octanol–water partition coefficient (Wildman–Crippen LogP) is 3.52. The summed E-state index contributed by atoms with van der Waals surface area (Å²) in [4.78, 5) is 42.2. The van der Waals surface area contributed by atoms with E-state index in [9.17, 15) is 18.8 Å². The standard InChI is InChI=1S/C25H28ClFN4O4S/c26-22-8-7-21(36-22)25(34)28-12-20(31(17-4-5-17)13-15-1-2-15)24(33)29-16-3-6-19(18(27)11-16)30-9-10-35-14-23(30)32/h3,6-8,11,15,17,20H,1-2,4-5,9-10,12-14H2,(H,28,34)(H,29,33)/t20-/m0/s1. The normalized spacial score (nSPS) is 18.9. The van der Waals surface area contributed by atoms with Crippen LogP contribution < -0.4 is 15.5 Å². The molecule has 36 heavy (non-hydrogen) atoms. The van der Waals surface area contributed by atoms with Crippen LogP contribution in [0.5, 0.6) is 0 Å². The number of nitrogens with zero attached hydrogens (tertiary/aromatic N) is 2. The minimum atomic E-state index is -0.598. The van der Waals surface area contributed by atoms with Crippen molar-refractivity contribution >= 4 is 52.0 Å². The van der Waals surface area contributed by atoms with Crippen LogP contribution in [0.4, 0.5) is 15.8 Å². The molecule has 0 spiro atoms. The smallest absolute Gasteiger partial charge is 0.261 e. The van der Waals surface area contributed by atoms with Gasteiger partial charge in [-0.25, -0.2) is 4.39 Å². The third-order valence-electron chi connectivity index (χ3n) is 6.63. The summed E-state index contributed by atoms with van der Waals surface area (Å²) >= 11 is 7.14. The monoisotopic (exact) mass is 534 g/mol. The average Bonchev–Trinajstić information content (AvgIpc) is 3.78. The number of anilines is 2. The zero-order valence-electron chi connectivity index (χ0n) is 19.7. The fourth-order valence-electron chi connectivity index (χ4n) is 4.41. The second-order valence-corrected chi connectivity index (χ2v) is 11.2. The predicted molar refractivity (Wildman–Crippen MR) is 136 cm³/mol. The third kappa shape index (κ3) is 6.05. The number of carbonyl (C=O) groups excluding carboxylic acids is 3. The van der Waals surface area contributed by atoms with Gasteiger partial charge in [-0.2, -0.15) is 0 Å². The first-order valence-corrected chi connectivity index (χ1v) is 13.4. The maximum Gasteiger partial charge on any atom is 0.261 e. The van der Waals surface area contributed by atoms with Gasteiger partial charge in [-0.15, -0.1) is 11.3 Å². The van der Waals surface area contributed by atoms with Gasteiger partial charge in [0.05, 0.1) is 21.5 Å². The van der Waals surface area contributed by atoms with Gasteiger partial charge in [0.1, 0.15) is 18.5 Å². The van der Waals surface area contributed by atoms with Gasteiger partial charge >= 0.3 is 0 Å². The zero-order valence-corrected chi connectivity index (χ0v) is 21.2. The molecule has 1 atom stereocenters. The molecule has 2 saturated carbocycles. The summed E-state index contributed by atoms with van der Waals surface area (Å²) < 4.78 is 20.6. The molecule has 192 valence electrons. The fraction of sp³-hybridized carbons (Fsp3) is 0.480. The highest BCUT2D eigenvalue weighted by molar-refractivity contribution is 7.18. The lowest BCUT2D eigenvalue weighted by atomic mass is 10.1. The van der Waals surface area contributed by atoms with Gasteiger partial charge in [0, 0.05) is 31.4 Å². The van der Waals surface area contributed by atoms with Crippen LogP contribution in [0.3, 0.4) is 0 Å². The first kappa shape index (κ1) is 25.1. The Bertz CT molecular complexity index is 1150. The van der Waals surface area contributed by atoms with E-state index in [4.69, 9.17) is 16.3 Å². The van der Waals surface area contributed by atoms with E-state index in [2.05, 4.69) is 15.5 Å². The molecule has 3 fully saturated rings. The minimum absolute atomic E-state index is 0.0823. The van der Waals surface area contributed by atoms with Gasteiger partial charge in [-0.05, 0) is 61.9 Å². The number of hydrogen-bond donors (Lipinski definition) is 2. The van der Waals surface area contributed by atoms with Gasteiger partial charge in [-0.3, -0.25) is 19.3 Å². The van der Waals surface area contributed by atoms with Crippen LogP contribution in [-0.4, -0.2) is 67.6 Å². The molecule has 3 amide bonds. The molecule has 1 saturated heterocycles. The average molecular weight is 535 g/mol. The van der Waals surface area contributed by atoms with Gasteiger partial charge in [0.15, 0.2) is 0 Å². The highest BCUT2D eigenvalue weighted by atomic mass is 35.5. The third-order valence-corrected chi connectivity index (χ3v) is 7.86. The lowest BCUT2D eigenvalue weighted by molar-refractivity contribution is -0.125. The largest absolute Gasteiger partial charge is 0.370 e. The maximum absolute atomic E-state index is 14.9. The zero-order chi connectivity index (χ0) is 25.2. The van der Waals surface area contributed by atoms with Crippen molar-refractivity contribution in [2.45, 2.75) is 37.8 Å². The second kappa shape index (κ2) is 10.8. The number of amides is 3. The molecule has 5 rings (SSSR count). The van der Waals surface area contributed by atoms with Crippen molar-refractivity contribution in [1.29, 1.82) is 0 Å². The van der Waals surface area contributed by atoms with Crippen LogP contribution in [0, 0.1) is 11.7 Å². The van der Waals surface area contributed by atoms with Crippen molar-refractivity contribution < 1.29 is 23.5 Å². The van der Waals surface area contributed by atoms with Crippen molar-refractivity contribution in [2.75, 3.05) is 43.1 Å². The van der Waals surface area contributed by atoms with E-state index < -0.39 is 11.9 Å². The maximum atomic E-state index is 14.9. The minimum Gasteiger partial charge on any atom is -0.370 e. The molecule has 2 aliphatic carbocycles. The summed E-state index contributed by atoms with van der Waals surface area (Å²) in [5.41, 5.74) is 0.457. The van der Waals surface area contributed by atoms with E-state index in [1.807, 2.05) is 0 Å². The summed E-state index contributed by atoms with van der Waals surface area (Å²) in [5, 5.41) is 5.71. The van der Waals surface area contributed by atoms with Crippen LogP contribution in [0.25, 0.3) is 0 Å². The van der Waals surface area contributed by atoms with Crippen LogP contribution in [-0.2, 0) is 14.3 Å². The van der Waals surface area contributed by atoms with Crippen LogP contribution in [0.2, 0.25) is 4.34 Å². The summed E-state index contributed by atoms with van der Waals surface area (Å²) in [6, 6.07) is 7.34. The molecule has 1 aromatic heterocycles. The number of carbonyl (C=O) groups is 3. The van der Waals surface area contributed by atoms with E-state index in [0.29, 0.717) is 33.5 Å². The van der Waals surface area contributed by atoms with Crippen molar-refractivity contribution in [2.24, 2.45) is 5.92 Å². The number of halogens is 2. The van der Waals surface area contributed by atoms with Crippen molar-refractivity contribution in [3.63, 3.8) is 0 Å². The topological polar surface area (TPSA) is 91.0 Å². The highest BCUT2D eigenvalue weighted by Gasteiger charge is 2.40. The number of benzene rings is 1. The van der Waals surface area contributed by atoms with Crippen molar-refractivity contribution in [3.05, 3.63) is 45.4 Å². The molecular formula is C25H28ClFN4O4S. The lowest BCUT2D eigenvalue weighted by Crippen LogP contribution is -2.52. The van der Waals surface area contributed by atoms with Crippen LogP contribution in [0.1, 0.15) is 35.4 Å². The van der Waals surface area contributed by atoms with Crippen LogP contribution >= 0.6 is 22.9 Å². The Morgan fingerprint density at radius 3 is 2.67 bits per heavy atom. The molecule has 0 unspecified atom stereocenters. The van der Waals surface area contributed by atoms with Gasteiger partial charge in [0.2, 0.25) is 5.91 Å². The van der Waals surface area contributed by atoms with Crippen LogP contribution in [0.15, 0.2) is 30.3 Å². The number of nitrogens with one attached hydrogen (secondary N) is 2. The molecule has 0 radical (unpaired) electrons. The lowest BCUT2D eigenvalue weighted by Gasteiger charge is -2.31. The molecule has 8 nitrogen and oxygen atoms in total. The van der Waals surface area contributed by atoms with E-state index in [1.54, 1.807) is 18.2 Å². The molecule has 1 aromatic carbocycles. The molecule has 0 bridgehead atoms. The molecular weight excluding hydrogens is 507 g/mol. The number of hydrogen-bond acceptors (Lipinski definition) is 6. The van der Waals surface area contributed by atoms with E-state index in [1.165, 1.54) is 28.4 Å². The Balaban J connectivity index is 1.30. The SMILES string of the molecule is O=C(NC[C@@H](C(=O)Nc1ccc(N2CCOCC2=O)c(F)c1)N(CC1CC1)C1CC1)c1ccc(Cl)s1. The second-order valence-electron chi connectivity index (χ2n) is 9.45. The fourth-order valence-corrected chi connectivity index (χ4v) is 5.37. The molecule has 1 aliphatic heterocycles. The number of rotatable bonds is 10. The summed E-state index contributed by atoms with van der Waals surface area (Å²) in [6.45, 7) is 1.46. The van der Waals surface area contributed by atoms with Crippen molar-refractivity contribution in [3.8, 4) is 0 Å². The Kier molecular flexibility index (Phi) is 7.57. The van der Waals surface area contributed by atoms with Crippen molar-refractivity contribution in [1.82, 2.24) is 10.2 Å². The van der Waals surface area contributed by atoms with E-state index in [-0.39, 0.29) is 43.1 Å². The Morgan fingerprint density at radius 2 is 2.03 bits per heavy atom. The van der Waals surface area contributed by atoms with E-state index in [0.717, 1.165) is 32.2 Å². The van der Waals surface area contributed by atoms with E-state index >= 15 is 0 Å². The number of thiophene rings is 1. The Morgan fingerprint density at radius 1 is 1.22 bits per heavy atom. The summed E-state index contributed by atoms with van der Waals surface area (Å²) in [7, 11) is 0. The quantitative estimate of drug-likeness (QED) is 0.487.